The summed E-state index contributed by atoms with van der Waals surface area (Å²) >= 11 is 0. The van der Waals surface area contributed by atoms with E-state index in [1.807, 2.05) is 24.3 Å². The lowest BCUT2D eigenvalue weighted by Gasteiger charge is -2.37. The number of anilines is 1. The van der Waals surface area contributed by atoms with Gasteiger partial charge in [0.2, 0.25) is 11.8 Å². The molecule has 2 aliphatic heterocycles. The lowest BCUT2D eigenvalue weighted by molar-refractivity contribution is -0.142. The zero-order valence-electron chi connectivity index (χ0n) is 18.5. The number of benzene rings is 1. The van der Waals surface area contributed by atoms with E-state index in [4.69, 9.17) is 14.2 Å². The van der Waals surface area contributed by atoms with Crippen LogP contribution in [0.4, 0.5) is 5.69 Å². The molecule has 1 fully saturated rings. The fourth-order valence-electron chi connectivity index (χ4n) is 4.43. The van der Waals surface area contributed by atoms with Gasteiger partial charge in [-0.25, -0.2) is 0 Å². The monoisotopic (exact) mass is 455 g/mol. The summed E-state index contributed by atoms with van der Waals surface area (Å²) in [5.74, 6) is 0.426. The highest BCUT2D eigenvalue weighted by Crippen LogP contribution is 2.47. The number of methoxy groups -OCH3 is 1. The Balaban J connectivity index is 1.43. The van der Waals surface area contributed by atoms with Crippen molar-refractivity contribution < 1.29 is 28.9 Å². The van der Waals surface area contributed by atoms with Crippen LogP contribution in [-0.4, -0.2) is 67.1 Å². The molecule has 0 saturated carbocycles. The van der Waals surface area contributed by atoms with Gasteiger partial charge in [0, 0.05) is 43.2 Å². The molecule has 176 valence electrons. The third kappa shape index (κ3) is 5.68. The van der Waals surface area contributed by atoms with Gasteiger partial charge in [-0.2, -0.15) is 0 Å². The van der Waals surface area contributed by atoms with Crippen LogP contribution >= 0.6 is 0 Å². The molecule has 2 aliphatic rings. The molecule has 0 bridgehead atoms. The number of aromatic nitrogens is 1. The van der Waals surface area contributed by atoms with E-state index in [1.165, 1.54) is 0 Å². The van der Waals surface area contributed by atoms with Crippen LogP contribution in [0.15, 0.2) is 42.7 Å². The van der Waals surface area contributed by atoms with Crippen molar-refractivity contribution in [3.05, 3.63) is 53.9 Å². The molecule has 0 aliphatic carbocycles. The summed E-state index contributed by atoms with van der Waals surface area (Å²) in [6.45, 7) is 0.677. The van der Waals surface area contributed by atoms with Gasteiger partial charge in [0.1, 0.15) is 18.0 Å². The molecule has 2 amide bonds. The van der Waals surface area contributed by atoms with Gasteiger partial charge in [-0.3, -0.25) is 14.6 Å². The third-order valence-electron chi connectivity index (χ3n) is 5.94. The first-order chi connectivity index (χ1) is 16.1. The first kappa shape index (κ1) is 23.2. The maximum Gasteiger partial charge on any atom is 0.228 e. The molecule has 9 nitrogen and oxygen atoms in total. The number of rotatable bonds is 9. The number of ether oxygens (including phenoxy) is 3. The molecule has 0 unspecified atom stereocenters. The Bertz CT molecular complexity index is 970. The van der Waals surface area contributed by atoms with E-state index in [1.54, 1.807) is 25.6 Å². The Labute approximate surface area is 192 Å². The minimum Gasteiger partial charge on any atom is -0.487 e. The van der Waals surface area contributed by atoms with Crippen LogP contribution in [0.2, 0.25) is 0 Å². The standard InChI is InChI=1S/C24H29N3O6/c1-31-9-8-26-22(29)13-17-12-19-18-11-16(27-23(30)10-15-4-6-25-7-5-15)2-3-20(18)33-24(19)21(14-28)32-17/h2-7,11,17,19,21,24,28H,8-10,12-14H2,1H3,(H,26,29)(H,27,30)/t17-,19+,21+,24-/m1/s1. The van der Waals surface area contributed by atoms with Crippen LogP contribution in [0.1, 0.15) is 29.9 Å². The first-order valence-corrected chi connectivity index (χ1v) is 11.1. The highest BCUT2D eigenvalue weighted by atomic mass is 16.6. The average Bonchev–Trinajstić information content (AvgIpc) is 3.17. The number of aliphatic hydroxyl groups is 1. The van der Waals surface area contributed by atoms with Crippen LogP contribution in [-0.2, 0) is 25.5 Å². The van der Waals surface area contributed by atoms with E-state index in [9.17, 15) is 14.7 Å². The van der Waals surface area contributed by atoms with Gasteiger partial charge in [-0.1, -0.05) is 0 Å². The van der Waals surface area contributed by atoms with Crippen molar-refractivity contribution in [3.63, 3.8) is 0 Å². The fourth-order valence-corrected chi connectivity index (χ4v) is 4.43. The van der Waals surface area contributed by atoms with Gasteiger partial charge in [0.05, 0.1) is 32.2 Å². The van der Waals surface area contributed by atoms with Gasteiger partial charge in [0.25, 0.3) is 0 Å². The minimum absolute atomic E-state index is 0.0419. The lowest BCUT2D eigenvalue weighted by Crippen LogP contribution is -2.47. The van der Waals surface area contributed by atoms with E-state index in [-0.39, 0.29) is 49.4 Å². The Morgan fingerprint density at radius 1 is 1.21 bits per heavy atom. The van der Waals surface area contributed by atoms with Crippen molar-refractivity contribution in [2.75, 3.05) is 32.2 Å². The molecular weight excluding hydrogens is 426 g/mol. The highest BCUT2D eigenvalue weighted by Gasteiger charge is 2.46. The van der Waals surface area contributed by atoms with Crippen molar-refractivity contribution in [2.24, 2.45) is 0 Å². The molecule has 1 saturated heterocycles. The predicted octanol–water partition coefficient (Wildman–Crippen LogP) is 1.41. The zero-order chi connectivity index (χ0) is 23.2. The van der Waals surface area contributed by atoms with E-state index < -0.39 is 6.10 Å². The molecule has 0 radical (unpaired) electrons. The van der Waals surface area contributed by atoms with Crippen LogP contribution < -0.4 is 15.4 Å². The van der Waals surface area contributed by atoms with E-state index in [0.717, 1.165) is 11.1 Å². The molecule has 2 aromatic rings. The van der Waals surface area contributed by atoms with Crippen molar-refractivity contribution >= 4 is 17.5 Å². The zero-order valence-corrected chi connectivity index (χ0v) is 18.5. The maximum absolute atomic E-state index is 12.5. The molecule has 3 heterocycles. The number of nitrogens with one attached hydrogen (secondary N) is 2. The topological polar surface area (TPSA) is 119 Å². The number of amides is 2. The molecule has 3 N–H and O–H groups in total. The van der Waals surface area contributed by atoms with Crippen molar-refractivity contribution in [1.82, 2.24) is 10.3 Å². The predicted molar refractivity (Wildman–Crippen MR) is 120 cm³/mol. The van der Waals surface area contributed by atoms with Crippen LogP contribution in [0, 0.1) is 0 Å². The SMILES string of the molecule is COCCNC(=O)C[C@H]1C[C@H]2c3cc(NC(=O)Cc4ccncc4)ccc3O[C@H]2[C@H](CO)O1. The largest absolute Gasteiger partial charge is 0.487 e. The van der Waals surface area contributed by atoms with Crippen LogP contribution in [0.5, 0.6) is 5.75 Å². The minimum atomic E-state index is -0.530. The van der Waals surface area contributed by atoms with E-state index in [2.05, 4.69) is 15.6 Å². The van der Waals surface area contributed by atoms with Crippen LogP contribution in [0.3, 0.4) is 0 Å². The number of pyridine rings is 1. The number of nitrogens with zero attached hydrogens (tertiary/aromatic N) is 1. The lowest BCUT2D eigenvalue weighted by atomic mass is 9.84. The fraction of sp³-hybridized carbons (Fsp3) is 0.458. The Morgan fingerprint density at radius 2 is 2.03 bits per heavy atom. The quantitative estimate of drug-likeness (QED) is 0.489. The second-order valence-corrected chi connectivity index (χ2v) is 8.28. The Morgan fingerprint density at radius 3 is 2.79 bits per heavy atom. The summed E-state index contributed by atoms with van der Waals surface area (Å²) in [7, 11) is 1.58. The van der Waals surface area contributed by atoms with Crippen molar-refractivity contribution in [2.45, 2.75) is 43.5 Å². The smallest absolute Gasteiger partial charge is 0.228 e. The second-order valence-electron chi connectivity index (χ2n) is 8.28. The number of aliphatic hydroxyl groups excluding tert-OH is 1. The number of hydrogen-bond acceptors (Lipinski definition) is 7. The molecule has 4 rings (SSSR count). The summed E-state index contributed by atoms with van der Waals surface area (Å²) in [5, 5.41) is 15.6. The second kappa shape index (κ2) is 10.7. The van der Waals surface area contributed by atoms with Gasteiger partial charge >= 0.3 is 0 Å². The van der Waals surface area contributed by atoms with Gasteiger partial charge in [0.15, 0.2) is 0 Å². The molecule has 4 atom stereocenters. The van der Waals surface area contributed by atoms with Gasteiger partial charge in [-0.15, -0.1) is 0 Å². The maximum atomic E-state index is 12.5. The molecule has 1 aromatic carbocycles. The summed E-state index contributed by atoms with van der Waals surface area (Å²) in [6.07, 6.45) is 3.15. The molecular formula is C24H29N3O6. The molecule has 9 heteroatoms. The van der Waals surface area contributed by atoms with Crippen molar-refractivity contribution in [1.29, 1.82) is 0 Å². The summed E-state index contributed by atoms with van der Waals surface area (Å²) in [6, 6.07) is 9.17. The van der Waals surface area contributed by atoms with Crippen LogP contribution in [0.25, 0.3) is 0 Å². The number of carbonyl (C=O) groups excluding carboxylic acids is 2. The Hall–Kier alpha value is -3.01. The normalized spacial score (nSPS) is 23.2. The number of carbonyl (C=O) groups is 2. The summed E-state index contributed by atoms with van der Waals surface area (Å²) in [5.41, 5.74) is 2.51. The average molecular weight is 456 g/mol. The van der Waals surface area contributed by atoms with E-state index >= 15 is 0 Å². The molecule has 0 spiro atoms. The number of hydrogen-bond donors (Lipinski definition) is 3. The highest BCUT2D eigenvalue weighted by molar-refractivity contribution is 5.92. The van der Waals surface area contributed by atoms with Crippen molar-refractivity contribution in [3.8, 4) is 5.75 Å². The first-order valence-electron chi connectivity index (χ1n) is 11.1. The van der Waals surface area contributed by atoms with Gasteiger partial charge in [-0.05, 0) is 42.3 Å². The molecule has 33 heavy (non-hydrogen) atoms. The summed E-state index contributed by atoms with van der Waals surface area (Å²) < 4.78 is 17.0. The van der Waals surface area contributed by atoms with Gasteiger partial charge < -0.3 is 30.0 Å². The molecule has 1 aromatic heterocycles. The van der Waals surface area contributed by atoms with E-state index in [0.29, 0.717) is 31.0 Å². The third-order valence-corrected chi connectivity index (χ3v) is 5.94. The Kier molecular flexibility index (Phi) is 7.54. The number of fused-ring (bicyclic) bond motifs is 3. The summed E-state index contributed by atoms with van der Waals surface area (Å²) in [4.78, 5) is 28.7.